The number of amides is 11. The quantitative estimate of drug-likeness (QED) is 0.0273. The smallest absolute Gasteiger partial charge is 0.329 e. The van der Waals surface area contributed by atoms with E-state index >= 15 is 0 Å². The predicted octanol–water partition coefficient (Wildman–Crippen LogP) is -2.36. The summed E-state index contributed by atoms with van der Waals surface area (Å²) >= 11 is 0. The number of esters is 1. The lowest BCUT2D eigenvalue weighted by Crippen LogP contribution is -2.63. The molecule has 1 spiro atoms. The summed E-state index contributed by atoms with van der Waals surface area (Å²) in [4.78, 5) is 165. The van der Waals surface area contributed by atoms with Gasteiger partial charge in [-0.2, -0.15) is 0 Å². The lowest BCUT2D eigenvalue weighted by atomic mass is 9.94. The van der Waals surface area contributed by atoms with Gasteiger partial charge in [0.15, 0.2) is 0 Å². The number of rotatable bonds is 31. The van der Waals surface area contributed by atoms with Crippen molar-refractivity contribution in [2.24, 2.45) is 35.3 Å². The Labute approximate surface area is 497 Å². The summed E-state index contributed by atoms with van der Waals surface area (Å²) in [6.07, 6.45) is 1.01. The first-order valence-corrected chi connectivity index (χ1v) is 29.2. The molecule has 0 unspecified atom stereocenters. The van der Waals surface area contributed by atoms with E-state index in [2.05, 4.69) is 65.1 Å². The molecule has 1 aromatic rings. The monoisotopic (exact) mass is 1200 g/mol. The summed E-state index contributed by atoms with van der Waals surface area (Å²) in [5, 5.41) is 49.4. The molecule has 1 heterocycles. The molecule has 1 aliphatic heterocycles. The summed E-state index contributed by atoms with van der Waals surface area (Å²) in [5.41, 5.74) is 4.85. The van der Waals surface area contributed by atoms with E-state index in [4.69, 9.17) is 10.5 Å². The predicted molar refractivity (Wildman–Crippen MR) is 311 cm³/mol. The number of primary amides is 1. The number of cyclic esters (lactones) is 1. The van der Waals surface area contributed by atoms with Crippen molar-refractivity contribution in [1.29, 1.82) is 0 Å². The van der Waals surface area contributed by atoms with Crippen molar-refractivity contribution in [2.45, 2.75) is 193 Å². The molecule has 1 aromatic carbocycles. The largest absolute Gasteiger partial charge is 0.458 e. The van der Waals surface area contributed by atoms with Crippen LogP contribution in [-0.2, 0) is 68.7 Å². The van der Waals surface area contributed by atoms with Crippen molar-refractivity contribution in [3.63, 3.8) is 0 Å². The molecule has 27 heteroatoms. The molecular formula is C58H92N12O15. The normalized spacial score (nSPS) is 23.7. The van der Waals surface area contributed by atoms with Crippen molar-refractivity contribution >= 4 is 70.9 Å². The fraction of sp³-hybridized carbons (Fsp3) is 0.655. The van der Waals surface area contributed by atoms with Gasteiger partial charge in [-0.1, -0.05) is 117 Å². The summed E-state index contributed by atoms with van der Waals surface area (Å²) in [6.45, 7) is 18.0. The molecular weight excluding hydrogens is 1100 g/mol. The second kappa shape index (κ2) is 33.8. The molecule has 0 aromatic heterocycles. The lowest BCUT2D eigenvalue weighted by molar-refractivity contribution is -0.157. The fourth-order valence-corrected chi connectivity index (χ4v) is 9.42. The Morgan fingerprint density at radius 3 is 1.60 bits per heavy atom. The van der Waals surface area contributed by atoms with Crippen LogP contribution in [0.1, 0.15) is 120 Å². The molecule has 2 fully saturated rings. The molecule has 11 amide bonds. The molecule has 2 aliphatic rings. The van der Waals surface area contributed by atoms with Crippen molar-refractivity contribution in [2.75, 3.05) is 20.3 Å². The molecule has 17 atom stereocenters. The number of likely N-dealkylation sites (N-methyl/N-ethyl adjacent to an activating group) is 1. The Morgan fingerprint density at radius 1 is 0.671 bits per heavy atom. The highest BCUT2D eigenvalue weighted by Gasteiger charge is 2.61. The third kappa shape index (κ3) is 20.0. The van der Waals surface area contributed by atoms with Crippen molar-refractivity contribution in [3.8, 4) is 0 Å². The van der Waals surface area contributed by atoms with Gasteiger partial charge in [-0.25, -0.2) is 4.79 Å². The SMILES string of the molecule is C=C[C@H]1C[C@]12NC(=O)[C@H](C)NC(=O)[C@H](NC(=O)[C@H](CO)NC(=O)[C@@H](NC(=O)[C@H](NC(=O)[C@@H](CCC(N)=O)NC(=O)[C@H](CO)NC(=O)[C@@H](NC(=O)[C@@H](Cc1ccccc1)NC)[C@@H](C)CC)[C@@H](C)CC)[C@@H](C)CC)[C@H](C)OC(=O)[C@H]([C@@H](C)CC)NC2=O. The lowest BCUT2D eigenvalue weighted by Gasteiger charge is -2.31. The minimum atomic E-state index is -1.81. The number of aliphatic hydroxyl groups excluding tert-OH is 2. The molecule has 15 N–H and O–H groups in total. The van der Waals surface area contributed by atoms with Crippen LogP contribution in [0.2, 0.25) is 0 Å². The van der Waals surface area contributed by atoms with Crippen LogP contribution in [0.15, 0.2) is 43.0 Å². The second-order valence-corrected chi connectivity index (χ2v) is 22.4. The van der Waals surface area contributed by atoms with Gasteiger partial charge in [0.25, 0.3) is 0 Å². The molecule has 1 aliphatic carbocycles. The van der Waals surface area contributed by atoms with Gasteiger partial charge in [-0.15, -0.1) is 6.58 Å². The third-order valence-electron chi connectivity index (χ3n) is 16.2. The number of carbonyl (C=O) groups excluding carboxylic acids is 12. The number of aliphatic hydroxyl groups is 2. The van der Waals surface area contributed by atoms with Gasteiger partial charge in [0.05, 0.1) is 19.3 Å². The first-order chi connectivity index (χ1) is 40.1. The van der Waals surface area contributed by atoms with E-state index in [9.17, 15) is 67.7 Å². The third-order valence-corrected chi connectivity index (χ3v) is 16.2. The number of ether oxygens (including phenoxy) is 1. The Kier molecular flexibility index (Phi) is 28.6. The minimum absolute atomic E-state index is 0.176. The van der Waals surface area contributed by atoms with Crippen LogP contribution in [0.3, 0.4) is 0 Å². The average Bonchev–Trinajstić information content (AvgIpc) is 2.26. The Hall–Kier alpha value is -7.52. The van der Waals surface area contributed by atoms with E-state index < -0.39 is 199 Å². The van der Waals surface area contributed by atoms with Gasteiger partial charge in [0.1, 0.15) is 66.0 Å². The zero-order chi connectivity index (χ0) is 64.0. The Balaban J connectivity index is 1.85. The zero-order valence-electron chi connectivity index (χ0n) is 50.8. The van der Waals surface area contributed by atoms with Crippen molar-refractivity contribution in [3.05, 3.63) is 48.6 Å². The van der Waals surface area contributed by atoms with Crippen LogP contribution >= 0.6 is 0 Å². The number of nitrogens with two attached hydrogens (primary N) is 1. The van der Waals surface area contributed by atoms with Gasteiger partial charge in [-0.05, 0) is 69.4 Å². The summed E-state index contributed by atoms with van der Waals surface area (Å²) in [5.74, 6) is -13.4. The molecule has 1 saturated carbocycles. The van der Waals surface area contributed by atoms with E-state index in [0.29, 0.717) is 19.3 Å². The maximum atomic E-state index is 14.4. The second-order valence-electron chi connectivity index (χ2n) is 22.4. The first-order valence-electron chi connectivity index (χ1n) is 29.2. The number of hydrogen-bond donors (Lipinski definition) is 14. The molecule has 27 nitrogen and oxygen atoms in total. The van der Waals surface area contributed by atoms with Crippen LogP contribution < -0.4 is 64.2 Å². The topological polar surface area (TPSA) is 413 Å². The maximum Gasteiger partial charge on any atom is 0.329 e. The number of hydrogen-bond acceptors (Lipinski definition) is 16. The van der Waals surface area contributed by atoms with Crippen LogP contribution in [0, 0.1) is 29.6 Å². The van der Waals surface area contributed by atoms with E-state index in [-0.39, 0.29) is 19.3 Å². The summed E-state index contributed by atoms with van der Waals surface area (Å²) in [6, 6.07) is -4.98. The van der Waals surface area contributed by atoms with Crippen LogP contribution in [0.5, 0.6) is 0 Å². The molecule has 0 bridgehead atoms. The van der Waals surface area contributed by atoms with E-state index in [1.165, 1.54) is 19.9 Å². The number of nitrogens with one attached hydrogen (secondary N) is 11. The van der Waals surface area contributed by atoms with E-state index in [1.807, 2.05) is 30.3 Å². The average molecular weight is 1200 g/mol. The molecule has 85 heavy (non-hydrogen) atoms. The highest BCUT2D eigenvalue weighted by Crippen LogP contribution is 2.45. The van der Waals surface area contributed by atoms with Gasteiger partial charge < -0.3 is 79.2 Å². The molecule has 1 saturated heterocycles. The van der Waals surface area contributed by atoms with Crippen LogP contribution in [-0.4, -0.2) is 173 Å². The van der Waals surface area contributed by atoms with Gasteiger partial charge >= 0.3 is 5.97 Å². The summed E-state index contributed by atoms with van der Waals surface area (Å²) < 4.78 is 5.71. The molecule has 3 rings (SSSR count). The minimum Gasteiger partial charge on any atom is -0.458 e. The van der Waals surface area contributed by atoms with Gasteiger partial charge in [-0.3, -0.25) is 52.7 Å². The van der Waals surface area contributed by atoms with Crippen LogP contribution in [0.25, 0.3) is 0 Å². The standard InChI is InChI=1S/C58H92N12O15/c1-13-29(6)42(66-49(76)38(60-12)25-35-21-19-18-20-22-35)52(79)63-39(27-71)50(77)62-37(23-24-41(59)73)48(75)65-44(31(8)15-3)54(81)67-43(30(7)14-2)53(80)64-40(28-72)51(78)68-46-34(11)85-56(83)45(32(9)16-4)69-57(84)58(26-36(58)17-5)70-47(74)33(10)61-55(46)82/h17-22,29-34,36-40,42-46,60,71-72H,5,13-16,23-28H2,1-4,6-12H3,(H2,59,73)(H,61,82)(H,62,77)(H,63,79)(H,64,80)(H,65,75)(H,66,76)(H,67,81)(H,68,78)(H,69,84)(H,70,74)/t29-,30-,31-,32-,33-,34-,36-,37+,38+,39-,40-,42-,43-,44+,45-,46+,58-/m0/s1. The Morgan fingerprint density at radius 2 is 1.14 bits per heavy atom. The Bertz CT molecular complexity index is 2540. The number of carbonyl (C=O) groups is 12. The molecule has 474 valence electrons. The highest BCUT2D eigenvalue weighted by molar-refractivity contribution is 6.01. The van der Waals surface area contributed by atoms with Crippen molar-refractivity contribution < 1.29 is 72.5 Å². The van der Waals surface area contributed by atoms with E-state index in [1.54, 1.807) is 62.4 Å². The zero-order valence-corrected chi connectivity index (χ0v) is 50.8. The van der Waals surface area contributed by atoms with Crippen LogP contribution in [0.4, 0.5) is 0 Å². The first kappa shape index (κ1) is 71.7. The maximum absolute atomic E-state index is 14.4. The fourth-order valence-electron chi connectivity index (χ4n) is 9.42. The number of benzene rings is 1. The van der Waals surface area contributed by atoms with Gasteiger partial charge in [0, 0.05) is 12.3 Å². The van der Waals surface area contributed by atoms with Gasteiger partial charge in [0.2, 0.25) is 65.0 Å². The highest BCUT2D eigenvalue weighted by atomic mass is 16.5. The van der Waals surface area contributed by atoms with E-state index in [0.717, 1.165) is 5.56 Å². The summed E-state index contributed by atoms with van der Waals surface area (Å²) in [7, 11) is 1.60. The van der Waals surface area contributed by atoms with Crippen molar-refractivity contribution in [1.82, 2.24) is 58.5 Å². The molecule has 0 radical (unpaired) electrons.